The van der Waals surface area contributed by atoms with Crippen molar-refractivity contribution in [2.45, 2.75) is 64.0 Å². The van der Waals surface area contributed by atoms with E-state index < -0.39 is 0 Å². The van der Waals surface area contributed by atoms with E-state index >= 15 is 0 Å². The minimum absolute atomic E-state index is 0.730. The average Bonchev–Trinajstić information content (AvgIpc) is 3.17. The molecular formula is C14H21N3. The molecule has 2 fully saturated rings. The quantitative estimate of drug-likeness (QED) is 0.817. The molecule has 1 heterocycles. The van der Waals surface area contributed by atoms with Crippen LogP contribution in [0.2, 0.25) is 0 Å². The van der Waals surface area contributed by atoms with Gasteiger partial charge >= 0.3 is 0 Å². The molecule has 2 aliphatic rings. The summed E-state index contributed by atoms with van der Waals surface area (Å²) in [4.78, 5) is 9.36. The highest BCUT2D eigenvalue weighted by atomic mass is 15.0. The smallest absolute Gasteiger partial charge is 0.142 e. The zero-order chi connectivity index (χ0) is 11.7. The van der Waals surface area contributed by atoms with Crippen molar-refractivity contribution >= 4 is 0 Å². The molecule has 3 nitrogen and oxygen atoms in total. The number of nitrogens with zero attached hydrogens (tertiary/aromatic N) is 2. The van der Waals surface area contributed by atoms with Crippen LogP contribution in [0.15, 0.2) is 6.07 Å². The van der Waals surface area contributed by atoms with Crippen molar-refractivity contribution in [2.24, 2.45) is 0 Å². The largest absolute Gasteiger partial charge is 0.307 e. The number of rotatable bonds is 6. The van der Waals surface area contributed by atoms with Crippen molar-refractivity contribution in [1.29, 1.82) is 0 Å². The standard InChI is InChI=1S/C14H21N3/c1-2-3-12-8-13(10-4-5-10)17-14(16-12)9-15-11-6-7-11/h8,10-11,15H,2-7,9H2,1H3. The maximum atomic E-state index is 4.70. The van der Waals surface area contributed by atoms with E-state index in [0.717, 1.165) is 37.2 Å². The van der Waals surface area contributed by atoms with Crippen LogP contribution in [-0.4, -0.2) is 16.0 Å². The minimum atomic E-state index is 0.730. The zero-order valence-corrected chi connectivity index (χ0v) is 10.6. The molecule has 2 saturated carbocycles. The molecule has 2 aliphatic carbocycles. The number of hydrogen-bond donors (Lipinski definition) is 1. The van der Waals surface area contributed by atoms with E-state index in [9.17, 15) is 0 Å². The van der Waals surface area contributed by atoms with Gasteiger partial charge in [0.25, 0.3) is 0 Å². The second kappa shape index (κ2) is 4.73. The second-order valence-corrected chi connectivity index (χ2v) is 5.38. The van der Waals surface area contributed by atoms with Crippen LogP contribution in [0.5, 0.6) is 0 Å². The highest BCUT2D eigenvalue weighted by Crippen LogP contribution is 2.39. The van der Waals surface area contributed by atoms with Gasteiger partial charge in [0.05, 0.1) is 6.54 Å². The molecule has 0 amide bonds. The molecule has 92 valence electrons. The van der Waals surface area contributed by atoms with E-state index in [-0.39, 0.29) is 0 Å². The van der Waals surface area contributed by atoms with Gasteiger partial charge in [-0.3, -0.25) is 0 Å². The molecule has 3 rings (SSSR count). The summed E-state index contributed by atoms with van der Waals surface area (Å²) < 4.78 is 0. The zero-order valence-electron chi connectivity index (χ0n) is 10.6. The van der Waals surface area contributed by atoms with Crippen LogP contribution in [0, 0.1) is 0 Å². The van der Waals surface area contributed by atoms with E-state index in [1.165, 1.54) is 37.1 Å². The molecule has 1 aromatic heterocycles. The van der Waals surface area contributed by atoms with Crippen molar-refractivity contribution in [2.75, 3.05) is 0 Å². The van der Waals surface area contributed by atoms with E-state index in [1.54, 1.807) is 0 Å². The Morgan fingerprint density at radius 3 is 2.71 bits per heavy atom. The summed E-state index contributed by atoms with van der Waals surface area (Å²) in [5.74, 6) is 1.73. The predicted molar refractivity (Wildman–Crippen MR) is 67.9 cm³/mol. The topological polar surface area (TPSA) is 37.8 Å². The first-order chi connectivity index (χ1) is 8.35. The predicted octanol–water partition coefficient (Wildman–Crippen LogP) is 2.56. The SMILES string of the molecule is CCCc1cc(C2CC2)nc(CNC2CC2)n1. The molecule has 17 heavy (non-hydrogen) atoms. The van der Waals surface area contributed by atoms with Crippen molar-refractivity contribution in [3.63, 3.8) is 0 Å². The summed E-state index contributed by atoms with van der Waals surface area (Å²) in [6.07, 6.45) is 7.53. The first-order valence-electron chi connectivity index (χ1n) is 6.95. The Labute approximate surface area is 103 Å². The molecule has 0 saturated heterocycles. The summed E-state index contributed by atoms with van der Waals surface area (Å²) in [6.45, 7) is 3.06. The Morgan fingerprint density at radius 2 is 2.06 bits per heavy atom. The Balaban J connectivity index is 1.74. The molecular weight excluding hydrogens is 210 g/mol. The van der Waals surface area contributed by atoms with Gasteiger partial charge in [-0.2, -0.15) is 0 Å². The van der Waals surface area contributed by atoms with Crippen LogP contribution in [0.25, 0.3) is 0 Å². The van der Waals surface area contributed by atoms with Gasteiger partial charge in [-0.1, -0.05) is 13.3 Å². The molecule has 3 heteroatoms. The fourth-order valence-electron chi connectivity index (χ4n) is 2.15. The van der Waals surface area contributed by atoms with Gasteiger partial charge in [-0.05, 0) is 38.2 Å². The average molecular weight is 231 g/mol. The maximum absolute atomic E-state index is 4.70. The van der Waals surface area contributed by atoms with Crippen LogP contribution in [-0.2, 0) is 13.0 Å². The van der Waals surface area contributed by atoms with E-state index in [2.05, 4.69) is 23.3 Å². The van der Waals surface area contributed by atoms with Crippen LogP contribution in [0.3, 0.4) is 0 Å². The fraction of sp³-hybridized carbons (Fsp3) is 0.714. The molecule has 0 radical (unpaired) electrons. The third-order valence-electron chi connectivity index (χ3n) is 3.47. The maximum Gasteiger partial charge on any atom is 0.142 e. The monoisotopic (exact) mass is 231 g/mol. The lowest BCUT2D eigenvalue weighted by molar-refractivity contribution is 0.647. The number of hydrogen-bond acceptors (Lipinski definition) is 3. The van der Waals surface area contributed by atoms with Gasteiger partial charge < -0.3 is 5.32 Å². The summed E-state index contributed by atoms with van der Waals surface area (Å²) >= 11 is 0. The van der Waals surface area contributed by atoms with Crippen LogP contribution in [0.1, 0.15) is 62.2 Å². The van der Waals surface area contributed by atoms with Gasteiger partial charge in [-0.15, -0.1) is 0 Å². The van der Waals surface area contributed by atoms with Gasteiger partial charge in [0.2, 0.25) is 0 Å². The van der Waals surface area contributed by atoms with E-state index in [4.69, 9.17) is 4.98 Å². The van der Waals surface area contributed by atoms with Crippen LogP contribution in [0.4, 0.5) is 0 Å². The summed E-state index contributed by atoms with van der Waals surface area (Å²) in [5.41, 5.74) is 2.52. The molecule has 0 aliphatic heterocycles. The normalized spacial score (nSPS) is 19.6. The highest BCUT2D eigenvalue weighted by Gasteiger charge is 2.26. The lowest BCUT2D eigenvalue weighted by Gasteiger charge is -2.07. The summed E-state index contributed by atoms with van der Waals surface area (Å²) in [5, 5.41) is 3.50. The van der Waals surface area contributed by atoms with Crippen molar-refractivity contribution < 1.29 is 0 Å². The highest BCUT2D eigenvalue weighted by molar-refractivity contribution is 5.19. The van der Waals surface area contributed by atoms with Crippen molar-refractivity contribution in [3.05, 3.63) is 23.3 Å². The lowest BCUT2D eigenvalue weighted by atomic mass is 10.2. The molecule has 0 unspecified atom stereocenters. The summed E-state index contributed by atoms with van der Waals surface area (Å²) in [7, 11) is 0. The van der Waals surface area contributed by atoms with E-state index in [1.807, 2.05) is 0 Å². The van der Waals surface area contributed by atoms with Gasteiger partial charge in [0.15, 0.2) is 0 Å². The Bertz CT molecular complexity index is 394. The molecule has 1 aromatic rings. The first kappa shape index (κ1) is 11.1. The van der Waals surface area contributed by atoms with Gasteiger partial charge in [0, 0.05) is 23.3 Å². The lowest BCUT2D eigenvalue weighted by Crippen LogP contribution is -2.18. The molecule has 0 bridgehead atoms. The molecule has 0 atom stereocenters. The Hall–Kier alpha value is -0.960. The number of nitrogens with one attached hydrogen (secondary N) is 1. The Morgan fingerprint density at radius 1 is 1.24 bits per heavy atom. The molecule has 1 N–H and O–H groups in total. The van der Waals surface area contributed by atoms with Gasteiger partial charge in [-0.25, -0.2) is 9.97 Å². The number of aromatic nitrogens is 2. The van der Waals surface area contributed by atoms with Crippen LogP contribution >= 0.6 is 0 Å². The third-order valence-corrected chi connectivity index (χ3v) is 3.47. The Kier molecular flexibility index (Phi) is 3.10. The second-order valence-electron chi connectivity index (χ2n) is 5.38. The van der Waals surface area contributed by atoms with E-state index in [0.29, 0.717) is 0 Å². The van der Waals surface area contributed by atoms with Crippen LogP contribution < -0.4 is 5.32 Å². The minimum Gasteiger partial charge on any atom is -0.307 e. The number of aryl methyl sites for hydroxylation is 1. The third kappa shape index (κ3) is 3.03. The van der Waals surface area contributed by atoms with Gasteiger partial charge in [0.1, 0.15) is 5.82 Å². The summed E-state index contributed by atoms with van der Waals surface area (Å²) in [6, 6.07) is 2.96. The first-order valence-corrected chi connectivity index (χ1v) is 6.95. The fourth-order valence-corrected chi connectivity index (χ4v) is 2.15. The van der Waals surface area contributed by atoms with Crippen molar-refractivity contribution in [1.82, 2.24) is 15.3 Å². The molecule has 0 aromatic carbocycles. The molecule has 0 spiro atoms. The van der Waals surface area contributed by atoms with Crippen molar-refractivity contribution in [3.8, 4) is 0 Å².